The Bertz CT molecular complexity index is 639. The van der Waals surface area contributed by atoms with Gasteiger partial charge in [0.15, 0.2) is 5.96 Å². The predicted octanol–water partition coefficient (Wildman–Crippen LogP) is 6.76. The van der Waals surface area contributed by atoms with Gasteiger partial charge in [-0.1, -0.05) is 96.3 Å². The molecule has 3 atom stereocenters. The second kappa shape index (κ2) is 16.9. The smallest absolute Gasteiger partial charge is 0.257 e. The van der Waals surface area contributed by atoms with E-state index in [2.05, 4.69) is 20.4 Å². The standard InChI is InChI=1S/C26H47N3O2.C3H6/c1-4-7-10-13-21(6-3)19-26(18-17-22-14-11-9-12-15-22)24(31)29(25(27)28-26)20-23(30)16-8-5-2;1-3-2/h5,8,21-23,30H,4,6-7,9-20H2,1-3H3,(H2,27,28);3H,1H2,2H3/b8-5-;. The number of hydrogen-bond acceptors (Lipinski definition) is 4. The summed E-state index contributed by atoms with van der Waals surface area (Å²) in [6, 6.07) is 0. The summed E-state index contributed by atoms with van der Waals surface area (Å²) < 4.78 is 0. The minimum Gasteiger partial charge on any atom is -0.391 e. The number of nitrogens with two attached hydrogens (primary N) is 1. The van der Waals surface area contributed by atoms with Gasteiger partial charge < -0.3 is 10.8 Å². The number of aliphatic hydroxyl groups is 1. The lowest BCUT2D eigenvalue weighted by atomic mass is 9.77. The van der Waals surface area contributed by atoms with Crippen molar-refractivity contribution >= 4 is 11.9 Å². The van der Waals surface area contributed by atoms with Crippen LogP contribution in [0.4, 0.5) is 0 Å². The Morgan fingerprint density at radius 2 is 1.91 bits per heavy atom. The van der Waals surface area contributed by atoms with Gasteiger partial charge in [0.2, 0.25) is 0 Å². The van der Waals surface area contributed by atoms with Crippen LogP contribution in [0.1, 0.15) is 118 Å². The SMILES string of the molecule is C/C=C\CC(O)CN1C(=O)C(CCC2CCCCC2)(CC(CC)CCCCC)N=C1N.C=CC. The molecule has 5 heteroatoms. The molecule has 0 spiro atoms. The number of amides is 1. The first-order chi connectivity index (χ1) is 16.4. The molecular weight excluding hydrogens is 422 g/mol. The number of hydrogen-bond donors (Lipinski definition) is 2. The number of aliphatic hydroxyl groups excluding tert-OH is 1. The maximum absolute atomic E-state index is 13.7. The van der Waals surface area contributed by atoms with E-state index in [0.717, 1.165) is 32.1 Å². The third kappa shape index (κ3) is 9.93. The van der Waals surface area contributed by atoms with E-state index in [-0.39, 0.29) is 12.5 Å². The number of carbonyl (C=O) groups is 1. The van der Waals surface area contributed by atoms with Gasteiger partial charge in [0.05, 0.1) is 12.6 Å². The normalized spacial score (nSPS) is 22.9. The van der Waals surface area contributed by atoms with Gasteiger partial charge in [-0.3, -0.25) is 9.69 Å². The van der Waals surface area contributed by atoms with Crippen LogP contribution in [0.2, 0.25) is 0 Å². The van der Waals surface area contributed by atoms with E-state index < -0.39 is 11.6 Å². The predicted molar refractivity (Wildman–Crippen MR) is 146 cm³/mol. The lowest BCUT2D eigenvalue weighted by Gasteiger charge is -2.32. The van der Waals surface area contributed by atoms with Gasteiger partial charge in [-0.25, -0.2) is 4.99 Å². The zero-order valence-electron chi connectivity index (χ0n) is 22.6. The van der Waals surface area contributed by atoms with E-state index in [4.69, 9.17) is 10.7 Å². The fraction of sp³-hybridized carbons (Fsp3) is 0.793. The Hall–Kier alpha value is -1.62. The van der Waals surface area contributed by atoms with Crippen LogP contribution in [0.3, 0.4) is 0 Å². The quantitative estimate of drug-likeness (QED) is 0.215. The zero-order valence-corrected chi connectivity index (χ0v) is 22.6. The molecule has 0 bridgehead atoms. The highest BCUT2D eigenvalue weighted by Gasteiger charge is 2.48. The van der Waals surface area contributed by atoms with E-state index in [1.807, 2.05) is 26.0 Å². The molecule has 2 rings (SSSR count). The summed E-state index contributed by atoms with van der Waals surface area (Å²) in [5.74, 6) is 1.53. The molecule has 1 aliphatic heterocycles. The van der Waals surface area contributed by atoms with Crippen molar-refractivity contribution in [1.82, 2.24) is 4.90 Å². The molecule has 1 heterocycles. The van der Waals surface area contributed by atoms with Crippen molar-refractivity contribution in [1.29, 1.82) is 0 Å². The summed E-state index contributed by atoms with van der Waals surface area (Å²) in [5.41, 5.74) is 5.57. The summed E-state index contributed by atoms with van der Waals surface area (Å²) in [6.07, 6.45) is 20.6. The third-order valence-electron chi connectivity index (χ3n) is 7.40. The monoisotopic (exact) mass is 475 g/mol. The molecule has 1 fully saturated rings. The van der Waals surface area contributed by atoms with Crippen molar-refractivity contribution < 1.29 is 9.90 Å². The molecule has 0 saturated heterocycles. The summed E-state index contributed by atoms with van der Waals surface area (Å²) >= 11 is 0. The number of carbonyl (C=O) groups excluding carboxylic acids is 1. The molecule has 1 saturated carbocycles. The van der Waals surface area contributed by atoms with Gasteiger partial charge in [0, 0.05) is 0 Å². The van der Waals surface area contributed by atoms with Crippen molar-refractivity contribution in [3.8, 4) is 0 Å². The molecule has 196 valence electrons. The van der Waals surface area contributed by atoms with Gasteiger partial charge in [0.1, 0.15) is 5.54 Å². The van der Waals surface area contributed by atoms with Gasteiger partial charge in [0.25, 0.3) is 5.91 Å². The van der Waals surface area contributed by atoms with Crippen LogP contribution in [0, 0.1) is 11.8 Å². The summed E-state index contributed by atoms with van der Waals surface area (Å²) in [5, 5.41) is 10.4. The molecule has 1 amide bonds. The third-order valence-corrected chi connectivity index (χ3v) is 7.40. The Morgan fingerprint density at radius 1 is 1.24 bits per heavy atom. The van der Waals surface area contributed by atoms with Crippen LogP contribution >= 0.6 is 0 Å². The number of β-amino-alcohol motifs (C(OH)–C–C–N with tert-alkyl or cyclic N) is 1. The zero-order chi connectivity index (χ0) is 25.4. The van der Waals surface area contributed by atoms with Gasteiger partial charge in [-0.2, -0.15) is 0 Å². The van der Waals surface area contributed by atoms with Crippen molar-refractivity contribution in [2.75, 3.05) is 6.54 Å². The van der Waals surface area contributed by atoms with Gasteiger partial charge in [-0.05, 0) is 51.4 Å². The Labute approximate surface area is 210 Å². The first-order valence-electron chi connectivity index (χ1n) is 13.9. The van der Waals surface area contributed by atoms with Gasteiger partial charge >= 0.3 is 0 Å². The first-order valence-corrected chi connectivity index (χ1v) is 13.9. The lowest BCUT2D eigenvalue weighted by Crippen LogP contribution is -2.48. The number of nitrogens with zero attached hydrogens (tertiary/aromatic N) is 2. The molecule has 0 aromatic heterocycles. The van der Waals surface area contributed by atoms with E-state index in [1.54, 1.807) is 11.0 Å². The second-order valence-electron chi connectivity index (χ2n) is 10.3. The summed E-state index contributed by atoms with van der Waals surface area (Å²) in [6.45, 7) is 11.9. The summed E-state index contributed by atoms with van der Waals surface area (Å²) in [7, 11) is 0. The Kier molecular flexibility index (Phi) is 15.1. The van der Waals surface area contributed by atoms with Crippen molar-refractivity contribution in [2.45, 2.75) is 129 Å². The highest BCUT2D eigenvalue weighted by molar-refractivity contribution is 6.06. The fourth-order valence-corrected chi connectivity index (χ4v) is 5.37. The fourth-order valence-electron chi connectivity index (χ4n) is 5.37. The van der Waals surface area contributed by atoms with E-state index >= 15 is 0 Å². The number of allylic oxidation sites excluding steroid dienone is 2. The molecule has 5 nitrogen and oxygen atoms in total. The summed E-state index contributed by atoms with van der Waals surface area (Å²) in [4.78, 5) is 20.1. The molecule has 3 unspecified atom stereocenters. The first kappa shape index (κ1) is 30.4. The van der Waals surface area contributed by atoms with E-state index in [9.17, 15) is 9.90 Å². The highest BCUT2D eigenvalue weighted by atomic mass is 16.3. The lowest BCUT2D eigenvalue weighted by molar-refractivity contribution is -0.133. The number of rotatable bonds is 14. The van der Waals surface area contributed by atoms with Crippen LogP contribution in [0.25, 0.3) is 0 Å². The van der Waals surface area contributed by atoms with Crippen LogP contribution in [0.5, 0.6) is 0 Å². The average Bonchev–Trinajstić information content (AvgIpc) is 3.06. The minimum absolute atomic E-state index is 0.0225. The molecule has 0 radical (unpaired) electrons. The van der Waals surface area contributed by atoms with Crippen LogP contribution in [-0.4, -0.2) is 40.1 Å². The molecular formula is C29H53N3O2. The number of guanidine groups is 1. The average molecular weight is 476 g/mol. The molecule has 3 N–H and O–H groups in total. The Balaban J connectivity index is 0.00000182. The maximum atomic E-state index is 13.7. The van der Waals surface area contributed by atoms with E-state index in [0.29, 0.717) is 24.2 Å². The highest BCUT2D eigenvalue weighted by Crippen LogP contribution is 2.39. The van der Waals surface area contributed by atoms with Gasteiger partial charge in [-0.15, -0.1) is 6.58 Å². The maximum Gasteiger partial charge on any atom is 0.257 e. The molecule has 0 aromatic carbocycles. The van der Waals surface area contributed by atoms with Crippen LogP contribution in [0.15, 0.2) is 29.8 Å². The van der Waals surface area contributed by atoms with Crippen LogP contribution in [-0.2, 0) is 4.79 Å². The minimum atomic E-state index is -0.727. The molecule has 34 heavy (non-hydrogen) atoms. The Morgan fingerprint density at radius 3 is 2.50 bits per heavy atom. The van der Waals surface area contributed by atoms with E-state index in [1.165, 1.54) is 51.4 Å². The van der Waals surface area contributed by atoms with Crippen LogP contribution < -0.4 is 5.73 Å². The number of aliphatic imine (C=N–C) groups is 1. The largest absolute Gasteiger partial charge is 0.391 e. The second-order valence-corrected chi connectivity index (χ2v) is 10.3. The van der Waals surface area contributed by atoms with Crippen molar-refractivity contribution in [3.05, 3.63) is 24.8 Å². The number of unbranched alkanes of at least 4 members (excludes halogenated alkanes) is 2. The molecule has 1 aliphatic carbocycles. The van der Waals surface area contributed by atoms with Crippen molar-refractivity contribution in [2.24, 2.45) is 22.6 Å². The van der Waals surface area contributed by atoms with Crippen molar-refractivity contribution in [3.63, 3.8) is 0 Å². The topological polar surface area (TPSA) is 78.9 Å². The molecule has 2 aliphatic rings. The molecule has 0 aromatic rings.